The van der Waals surface area contributed by atoms with E-state index in [9.17, 15) is 4.79 Å². The monoisotopic (exact) mass is 318 g/mol. The molecule has 0 bridgehead atoms. The van der Waals surface area contributed by atoms with E-state index in [1.807, 2.05) is 12.1 Å². The predicted molar refractivity (Wildman–Crippen MR) is 91.8 cm³/mol. The minimum atomic E-state index is 0.112. The fourth-order valence-electron chi connectivity index (χ4n) is 2.89. The van der Waals surface area contributed by atoms with E-state index in [2.05, 4.69) is 40.3 Å². The maximum Gasteiger partial charge on any atom is 0.187 e. The highest BCUT2D eigenvalue weighted by atomic mass is 32.2. The van der Waals surface area contributed by atoms with Crippen LogP contribution in [0.4, 0.5) is 0 Å². The summed E-state index contributed by atoms with van der Waals surface area (Å²) in [5, 5.41) is 0.634. The van der Waals surface area contributed by atoms with Gasteiger partial charge < -0.3 is 0 Å². The molecule has 0 aliphatic heterocycles. The van der Waals surface area contributed by atoms with Crippen LogP contribution >= 0.6 is 11.8 Å². The maximum absolute atomic E-state index is 12.4. The first-order valence-corrected chi connectivity index (χ1v) is 8.44. The molecule has 1 aromatic heterocycles. The summed E-state index contributed by atoms with van der Waals surface area (Å²) in [6.07, 6.45) is 4.28. The average molecular weight is 318 g/mol. The zero-order valence-electron chi connectivity index (χ0n) is 12.4. The summed E-state index contributed by atoms with van der Waals surface area (Å²) in [5.74, 6) is 0.469. The largest absolute Gasteiger partial charge is 0.293 e. The highest BCUT2D eigenvalue weighted by molar-refractivity contribution is 7.99. The Morgan fingerprint density at radius 3 is 2.61 bits per heavy atom. The van der Waals surface area contributed by atoms with Crippen LogP contribution in [0.1, 0.15) is 21.5 Å². The first-order chi connectivity index (χ1) is 11.3. The molecule has 0 fully saturated rings. The molecule has 1 aliphatic carbocycles. The normalized spacial score (nSPS) is 11.8. The molecular formula is C19H14N2OS. The first-order valence-electron chi connectivity index (χ1n) is 7.45. The predicted octanol–water partition coefficient (Wildman–Crippen LogP) is 4.02. The van der Waals surface area contributed by atoms with Gasteiger partial charge in [-0.15, -0.1) is 0 Å². The van der Waals surface area contributed by atoms with Crippen molar-refractivity contribution in [3.63, 3.8) is 0 Å². The summed E-state index contributed by atoms with van der Waals surface area (Å²) in [6.45, 7) is 0. The van der Waals surface area contributed by atoms with Crippen LogP contribution in [0.2, 0.25) is 0 Å². The number of Topliss-reactive ketones (excluding diaryl/α,β-unsaturated/α-hetero) is 1. The number of hydrogen-bond donors (Lipinski definition) is 0. The summed E-state index contributed by atoms with van der Waals surface area (Å²) in [6, 6.07) is 16.2. The molecule has 1 aliphatic rings. The lowest BCUT2D eigenvalue weighted by Crippen LogP contribution is -2.03. The van der Waals surface area contributed by atoms with Crippen LogP contribution in [0, 0.1) is 0 Å². The van der Waals surface area contributed by atoms with Crippen molar-refractivity contribution in [1.29, 1.82) is 0 Å². The van der Waals surface area contributed by atoms with E-state index >= 15 is 0 Å². The highest BCUT2D eigenvalue weighted by Crippen LogP contribution is 2.36. The summed E-state index contributed by atoms with van der Waals surface area (Å²) in [5.41, 5.74) is 5.86. The Morgan fingerprint density at radius 2 is 1.74 bits per heavy atom. The van der Waals surface area contributed by atoms with E-state index in [4.69, 9.17) is 0 Å². The number of nitrogens with zero attached hydrogens (tertiary/aromatic N) is 2. The Balaban J connectivity index is 1.53. The summed E-state index contributed by atoms with van der Waals surface area (Å²) in [4.78, 5) is 20.7. The van der Waals surface area contributed by atoms with Crippen LogP contribution < -0.4 is 0 Å². The lowest BCUT2D eigenvalue weighted by molar-refractivity contribution is 0.102. The number of thioether (sulfide) groups is 1. The minimum Gasteiger partial charge on any atom is -0.293 e. The van der Waals surface area contributed by atoms with Gasteiger partial charge in [-0.3, -0.25) is 4.79 Å². The van der Waals surface area contributed by atoms with Crippen LogP contribution in [0.3, 0.4) is 0 Å². The number of carbonyl (C=O) groups excluding carboxylic acids is 1. The second-order valence-corrected chi connectivity index (χ2v) is 6.39. The van der Waals surface area contributed by atoms with Crippen LogP contribution in [0.25, 0.3) is 11.1 Å². The molecule has 0 saturated heterocycles. The van der Waals surface area contributed by atoms with Gasteiger partial charge in [0.2, 0.25) is 0 Å². The quantitative estimate of drug-likeness (QED) is 0.324. The van der Waals surface area contributed by atoms with E-state index in [1.54, 1.807) is 18.5 Å². The smallest absolute Gasteiger partial charge is 0.187 e. The van der Waals surface area contributed by atoms with Crippen molar-refractivity contribution >= 4 is 17.5 Å². The van der Waals surface area contributed by atoms with Gasteiger partial charge in [-0.05, 0) is 40.8 Å². The van der Waals surface area contributed by atoms with E-state index in [-0.39, 0.29) is 5.78 Å². The molecule has 0 atom stereocenters. The summed E-state index contributed by atoms with van der Waals surface area (Å²) >= 11 is 1.37. The van der Waals surface area contributed by atoms with Crippen molar-refractivity contribution in [2.24, 2.45) is 0 Å². The van der Waals surface area contributed by atoms with Crippen molar-refractivity contribution in [3.8, 4) is 11.1 Å². The van der Waals surface area contributed by atoms with Crippen molar-refractivity contribution in [3.05, 3.63) is 77.6 Å². The number of aromatic nitrogens is 2. The molecule has 0 radical (unpaired) electrons. The molecule has 1 heterocycles. The van der Waals surface area contributed by atoms with Gasteiger partial charge in [0, 0.05) is 18.0 Å². The standard InChI is InChI=1S/C19H14N2OS/c22-18(12-23-19-20-8-3-9-21-19)14-6-7-17-15(11-14)10-13-4-1-2-5-16(13)17/h1-9,11H,10,12H2. The van der Waals surface area contributed by atoms with Gasteiger partial charge in [0.05, 0.1) is 5.75 Å². The molecule has 4 rings (SSSR count). The first kappa shape index (κ1) is 14.2. The van der Waals surface area contributed by atoms with E-state index in [1.165, 1.54) is 34.0 Å². The lowest BCUT2D eigenvalue weighted by Gasteiger charge is -2.04. The molecule has 112 valence electrons. The molecule has 0 spiro atoms. The van der Waals surface area contributed by atoms with Crippen LogP contribution in [-0.4, -0.2) is 21.5 Å². The van der Waals surface area contributed by atoms with Crippen molar-refractivity contribution in [2.45, 2.75) is 11.6 Å². The molecule has 4 heteroatoms. The topological polar surface area (TPSA) is 42.9 Å². The minimum absolute atomic E-state index is 0.112. The molecule has 0 N–H and O–H groups in total. The Bertz CT molecular complexity index is 878. The van der Waals surface area contributed by atoms with Crippen LogP contribution in [-0.2, 0) is 6.42 Å². The number of rotatable bonds is 4. The van der Waals surface area contributed by atoms with Gasteiger partial charge in [0.15, 0.2) is 10.9 Å². The SMILES string of the molecule is O=C(CSc1ncccn1)c1ccc2c(c1)Cc1ccccc1-2. The molecule has 0 saturated carbocycles. The Labute approximate surface area is 138 Å². The third-order valence-corrected chi connectivity index (χ3v) is 4.87. The Kier molecular flexibility index (Phi) is 3.67. The van der Waals surface area contributed by atoms with Gasteiger partial charge >= 0.3 is 0 Å². The number of fused-ring (bicyclic) bond motifs is 3. The zero-order chi connectivity index (χ0) is 15.6. The average Bonchev–Trinajstić information content (AvgIpc) is 2.98. The number of hydrogen-bond acceptors (Lipinski definition) is 4. The lowest BCUT2D eigenvalue weighted by atomic mass is 10.0. The van der Waals surface area contributed by atoms with E-state index < -0.39 is 0 Å². The summed E-state index contributed by atoms with van der Waals surface area (Å²) < 4.78 is 0. The highest BCUT2D eigenvalue weighted by Gasteiger charge is 2.19. The van der Waals surface area contributed by atoms with Gasteiger partial charge in [-0.2, -0.15) is 0 Å². The second kappa shape index (κ2) is 5.97. The van der Waals surface area contributed by atoms with Crippen LogP contribution in [0.5, 0.6) is 0 Å². The molecular weight excluding hydrogens is 304 g/mol. The van der Waals surface area contributed by atoms with Gasteiger partial charge in [-0.25, -0.2) is 9.97 Å². The number of ketones is 1. The maximum atomic E-state index is 12.4. The number of carbonyl (C=O) groups is 1. The second-order valence-electron chi connectivity index (χ2n) is 5.45. The fraction of sp³-hybridized carbons (Fsp3) is 0.105. The molecule has 2 aromatic carbocycles. The molecule has 3 aromatic rings. The summed E-state index contributed by atoms with van der Waals surface area (Å²) in [7, 11) is 0. The van der Waals surface area contributed by atoms with Gasteiger partial charge in [0.25, 0.3) is 0 Å². The van der Waals surface area contributed by atoms with Crippen LogP contribution in [0.15, 0.2) is 66.1 Å². The Hall–Kier alpha value is -2.46. The third-order valence-electron chi connectivity index (χ3n) is 3.99. The molecule has 0 unspecified atom stereocenters. The van der Waals surface area contributed by atoms with Gasteiger partial charge in [0.1, 0.15) is 0 Å². The zero-order valence-corrected chi connectivity index (χ0v) is 13.2. The van der Waals surface area contributed by atoms with E-state index in [0.29, 0.717) is 10.9 Å². The fourth-order valence-corrected chi connectivity index (χ4v) is 3.59. The van der Waals surface area contributed by atoms with Crippen molar-refractivity contribution in [2.75, 3.05) is 5.75 Å². The number of benzene rings is 2. The van der Waals surface area contributed by atoms with Crippen molar-refractivity contribution < 1.29 is 4.79 Å². The Morgan fingerprint density at radius 1 is 0.957 bits per heavy atom. The third kappa shape index (κ3) is 2.78. The van der Waals surface area contributed by atoms with E-state index in [0.717, 1.165) is 12.0 Å². The molecule has 23 heavy (non-hydrogen) atoms. The van der Waals surface area contributed by atoms with Crippen molar-refractivity contribution in [1.82, 2.24) is 9.97 Å². The van der Waals surface area contributed by atoms with Gasteiger partial charge in [-0.1, -0.05) is 48.2 Å². The molecule has 3 nitrogen and oxygen atoms in total. The molecule has 0 amide bonds.